The number of aryl methyl sites for hydroxylation is 2. The molecular formula is C20H20N4O2. The van der Waals surface area contributed by atoms with E-state index >= 15 is 0 Å². The van der Waals surface area contributed by atoms with Crippen molar-refractivity contribution in [3.63, 3.8) is 0 Å². The van der Waals surface area contributed by atoms with Gasteiger partial charge in [0.15, 0.2) is 5.82 Å². The van der Waals surface area contributed by atoms with Gasteiger partial charge in [-0.1, -0.05) is 12.1 Å². The summed E-state index contributed by atoms with van der Waals surface area (Å²) in [5.41, 5.74) is 5.00. The van der Waals surface area contributed by atoms with Gasteiger partial charge in [0.05, 0.1) is 17.2 Å². The van der Waals surface area contributed by atoms with Gasteiger partial charge in [0.25, 0.3) is 0 Å². The van der Waals surface area contributed by atoms with E-state index in [0.29, 0.717) is 23.6 Å². The van der Waals surface area contributed by atoms with E-state index in [0.717, 1.165) is 27.8 Å². The van der Waals surface area contributed by atoms with Crippen LogP contribution in [0.5, 0.6) is 5.75 Å². The van der Waals surface area contributed by atoms with E-state index in [4.69, 9.17) is 0 Å². The van der Waals surface area contributed by atoms with Crippen molar-refractivity contribution in [1.82, 2.24) is 15.3 Å². The van der Waals surface area contributed by atoms with Gasteiger partial charge < -0.3 is 10.4 Å². The van der Waals surface area contributed by atoms with Gasteiger partial charge in [-0.2, -0.15) is 0 Å². The first-order chi connectivity index (χ1) is 12.5. The molecule has 2 amide bonds. The van der Waals surface area contributed by atoms with Gasteiger partial charge in [-0.05, 0) is 60.4 Å². The first kappa shape index (κ1) is 17.4. The monoisotopic (exact) mass is 348 g/mol. The third kappa shape index (κ3) is 3.64. The molecule has 3 N–H and O–H groups in total. The van der Waals surface area contributed by atoms with Crippen molar-refractivity contribution >= 4 is 22.9 Å². The molecule has 132 valence electrons. The summed E-state index contributed by atoms with van der Waals surface area (Å²) < 4.78 is 0. The van der Waals surface area contributed by atoms with Gasteiger partial charge in [-0.15, -0.1) is 6.58 Å². The Labute approximate surface area is 151 Å². The zero-order chi connectivity index (χ0) is 18.7. The fourth-order valence-electron chi connectivity index (χ4n) is 2.70. The van der Waals surface area contributed by atoms with E-state index < -0.39 is 0 Å². The Kier molecular flexibility index (Phi) is 4.84. The van der Waals surface area contributed by atoms with Crippen molar-refractivity contribution in [3.05, 3.63) is 60.3 Å². The van der Waals surface area contributed by atoms with Crippen LogP contribution in [0.2, 0.25) is 0 Å². The number of amides is 2. The number of benzene rings is 2. The molecule has 2 aromatic carbocycles. The summed E-state index contributed by atoms with van der Waals surface area (Å²) >= 11 is 0. The second-order valence-electron chi connectivity index (χ2n) is 6.04. The number of aromatic hydroxyl groups is 1. The molecule has 0 bridgehead atoms. The van der Waals surface area contributed by atoms with Crippen LogP contribution >= 0.6 is 0 Å². The average molecular weight is 348 g/mol. The highest BCUT2D eigenvalue weighted by atomic mass is 16.3. The summed E-state index contributed by atoms with van der Waals surface area (Å²) in [5, 5.41) is 15.2. The minimum Gasteiger partial charge on any atom is -0.507 e. The van der Waals surface area contributed by atoms with E-state index in [1.54, 1.807) is 6.08 Å². The molecule has 26 heavy (non-hydrogen) atoms. The van der Waals surface area contributed by atoms with E-state index in [1.807, 2.05) is 44.2 Å². The summed E-state index contributed by atoms with van der Waals surface area (Å²) in [5.74, 6) is 0.681. The number of rotatable bonds is 4. The van der Waals surface area contributed by atoms with Crippen LogP contribution in [0, 0.1) is 13.8 Å². The highest BCUT2D eigenvalue weighted by Crippen LogP contribution is 2.30. The van der Waals surface area contributed by atoms with Crippen LogP contribution in [0.1, 0.15) is 11.1 Å². The molecule has 1 heterocycles. The highest BCUT2D eigenvalue weighted by Gasteiger charge is 2.08. The highest BCUT2D eigenvalue weighted by molar-refractivity contribution is 5.90. The largest absolute Gasteiger partial charge is 0.507 e. The predicted octanol–water partition coefficient (Wildman–Crippen LogP) is 3.93. The van der Waals surface area contributed by atoms with Gasteiger partial charge in [0, 0.05) is 6.54 Å². The Balaban J connectivity index is 1.94. The number of aromatic nitrogens is 2. The molecule has 6 heteroatoms. The standard InChI is InChI=1S/C20H20N4O2/c1-4-7-21-20(26)24-18-11-22-16-6-5-14(10-17(16)23-18)15-8-12(2)19(25)13(3)9-15/h4-6,8-11,25H,1,7H2,2-3H3,(H2,21,23,24,26). The number of fused-ring (bicyclic) bond motifs is 1. The van der Waals surface area contributed by atoms with Crippen LogP contribution in [0.15, 0.2) is 49.2 Å². The summed E-state index contributed by atoms with van der Waals surface area (Å²) in [6.45, 7) is 7.67. The van der Waals surface area contributed by atoms with Crippen LogP contribution in [0.25, 0.3) is 22.2 Å². The number of hydrogen-bond donors (Lipinski definition) is 3. The van der Waals surface area contributed by atoms with E-state index in [9.17, 15) is 9.90 Å². The lowest BCUT2D eigenvalue weighted by atomic mass is 9.99. The Morgan fingerprint density at radius 2 is 1.88 bits per heavy atom. The van der Waals surface area contributed by atoms with E-state index in [1.165, 1.54) is 6.20 Å². The number of anilines is 1. The van der Waals surface area contributed by atoms with Crippen LogP contribution in [0.3, 0.4) is 0 Å². The number of hydrogen-bond acceptors (Lipinski definition) is 4. The van der Waals surface area contributed by atoms with Crippen molar-refractivity contribution in [3.8, 4) is 16.9 Å². The molecule has 6 nitrogen and oxygen atoms in total. The molecule has 0 saturated carbocycles. The molecule has 0 aliphatic carbocycles. The molecule has 0 aliphatic rings. The maximum Gasteiger partial charge on any atom is 0.320 e. The third-order valence-electron chi connectivity index (χ3n) is 4.02. The van der Waals surface area contributed by atoms with E-state index in [2.05, 4.69) is 27.2 Å². The zero-order valence-corrected chi connectivity index (χ0v) is 14.7. The normalized spacial score (nSPS) is 10.5. The molecule has 1 aromatic heterocycles. The number of phenols is 1. The smallest absolute Gasteiger partial charge is 0.320 e. The van der Waals surface area contributed by atoms with Gasteiger partial charge in [0.2, 0.25) is 0 Å². The lowest BCUT2D eigenvalue weighted by molar-refractivity contribution is 0.253. The second-order valence-corrected chi connectivity index (χ2v) is 6.04. The van der Waals surface area contributed by atoms with Gasteiger partial charge in [0.1, 0.15) is 5.75 Å². The Bertz CT molecular complexity index is 975. The fourth-order valence-corrected chi connectivity index (χ4v) is 2.70. The predicted molar refractivity (Wildman–Crippen MR) is 103 cm³/mol. The average Bonchev–Trinajstić information content (AvgIpc) is 2.63. The molecule has 3 aromatic rings. The number of urea groups is 1. The number of nitrogens with one attached hydrogen (secondary N) is 2. The zero-order valence-electron chi connectivity index (χ0n) is 14.7. The Hall–Kier alpha value is -3.41. The first-order valence-corrected chi connectivity index (χ1v) is 8.21. The Morgan fingerprint density at radius 3 is 2.58 bits per heavy atom. The molecule has 3 rings (SSSR count). The maximum absolute atomic E-state index is 11.7. The molecule has 0 spiro atoms. The maximum atomic E-state index is 11.7. The van der Waals surface area contributed by atoms with Crippen LogP contribution < -0.4 is 10.6 Å². The molecule has 0 fully saturated rings. The topological polar surface area (TPSA) is 87.1 Å². The summed E-state index contributed by atoms with van der Waals surface area (Å²) in [7, 11) is 0. The second kappa shape index (κ2) is 7.23. The minimum absolute atomic E-state index is 0.311. The molecule has 0 radical (unpaired) electrons. The number of phenolic OH excluding ortho intramolecular Hbond substituents is 1. The molecule has 0 aliphatic heterocycles. The molecule has 0 unspecified atom stereocenters. The van der Waals surface area contributed by atoms with Crippen LogP contribution in [-0.4, -0.2) is 27.7 Å². The van der Waals surface area contributed by atoms with Gasteiger partial charge in [-0.3, -0.25) is 10.3 Å². The number of carbonyl (C=O) groups excluding carboxylic acids is 1. The van der Waals surface area contributed by atoms with Crippen LogP contribution in [-0.2, 0) is 0 Å². The Morgan fingerprint density at radius 1 is 1.15 bits per heavy atom. The minimum atomic E-state index is -0.362. The van der Waals surface area contributed by atoms with Crippen molar-refractivity contribution in [1.29, 1.82) is 0 Å². The van der Waals surface area contributed by atoms with Gasteiger partial charge in [-0.25, -0.2) is 9.78 Å². The number of carbonyl (C=O) groups is 1. The number of nitrogens with zero attached hydrogens (tertiary/aromatic N) is 2. The lowest BCUT2D eigenvalue weighted by Gasteiger charge is -2.10. The SMILES string of the molecule is C=CCNC(=O)Nc1cnc2ccc(-c3cc(C)c(O)c(C)c3)cc2n1. The van der Waals surface area contributed by atoms with Crippen molar-refractivity contribution in [2.45, 2.75) is 13.8 Å². The van der Waals surface area contributed by atoms with Gasteiger partial charge >= 0.3 is 6.03 Å². The lowest BCUT2D eigenvalue weighted by Crippen LogP contribution is -2.29. The molecular weight excluding hydrogens is 328 g/mol. The summed E-state index contributed by atoms with van der Waals surface area (Å²) in [4.78, 5) is 20.5. The summed E-state index contributed by atoms with van der Waals surface area (Å²) in [6, 6.07) is 9.27. The van der Waals surface area contributed by atoms with Crippen molar-refractivity contribution < 1.29 is 9.90 Å². The summed E-state index contributed by atoms with van der Waals surface area (Å²) in [6.07, 6.45) is 3.11. The van der Waals surface area contributed by atoms with E-state index in [-0.39, 0.29) is 6.03 Å². The molecule has 0 saturated heterocycles. The fraction of sp³-hybridized carbons (Fsp3) is 0.150. The van der Waals surface area contributed by atoms with Crippen LogP contribution in [0.4, 0.5) is 10.6 Å². The third-order valence-corrected chi connectivity index (χ3v) is 4.02. The first-order valence-electron chi connectivity index (χ1n) is 8.21. The quantitative estimate of drug-likeness (QED) is 0.624. The molecule has 0 atom stereocenters. The van der Waals surface area contributed by atoms with Crippen molar-refractivity contribution in [2.75, 3.05) is 11.9 Å². The van der Waals surface area contributed by atoms with Crippen molar-refractivity contribution in [2.24, 2.45) is 0 Å².